The first-order valence-corrected chi connectivity index (χ1v) is 9.47. The van der Waals surface area contributed by atoms with Crippen LogP contribution in [0.25, 0.3) is 10.9 Å². The monoisotopic (exact) mass is 379 g/mol. The van der Waals surface area contributed by atoms with E-state index in [1.807, 2.05) is 51.1 Å². The number of hydrogen-bond donors (Lipinski definition) is 1. The van der Waals surface area contributed by atoms with Crippen LogP contribution < -0.4 is 10.3 Å². The molecule has 0 atom stereocenters. The molecule has 0 unspecified atom stereocenters. The first kappa shape index (κ1) is 19.6. The van der Waals surface area contributed by atoms with E-state index in [1.54, 1.807) is 23.1 Å². The van der Waals surface area contributed by atoms with E-state index >= 15 is 0 Å². The van der Waals surface area contributed by atoms with Crippen molar-refractivity contribution >= 4 is 16.8 Å². The molecule has 1 aromatic heterocycles. The number of hydrogen-bond acceptors (Lipinski definition) is 4. The number of aromatic amines is 1. The van der Waals surface area contributed by atoms with E-state index in [0.717, 1.165) is 11.3 Å². The van der Waals surface area contributed by atoms with E-state index in [2.05, 4.69) is 9.97 Å². The summed E-state index contributed by atoms with van der Waals surface area (Å²) >= 11 is 0. The van der Waals surface area contributed by atoms with Crippen molar-refractivity contribution < 1.29 is 9.53 Å². The molecular weight excluding hydrogens is 354 g/mol. The fourth-order valence-electron chi connectivity index (χ4n) is 3.08. The largest absolute Gasteiger partial charge is 0.494 e. The average Bonchev–Trinajstić information content (AvgIpc) is 2.67. The van der Waals surface area contributed by atoms with E-state index in [-0.39, 0.29) is 30.5 Å². The van der Waals surface area contributed by atoms with Crippen molar-refractivity contribution in [3.63, 3.8) is 0 Å². The molecule has 0 aliphatic carbocycles. The van der Waals surface area contributed by atoms with Gasteiger partial charge in [-0.05, 0) is 50.6 Å². The quantitative estimate of drug-likeness (QED) is 0.683. The number of aromatic nitrogens is 2. The predicted octanol–water partition coefficient (Wildman–Crippen LogP) is 3.30. The smallest absolute Gasteiger partial charge is 0.258 e. The minimum atomic E-state index is -0.191. The third-order valence-electron chi connectivity index (χ3n) is 4.52. The Hall–Kier alpha value is -3.15. The van der Waals surface area contributed by atoms with Crippen molar-refractivity contribution in [3.05, 3.63) is 70.3 Å². The maximum atomic E-state index is 12.9. The van der Waals surface area contributed by atoms with Crippen LogP contribution in [0.2, 0.25) is 0 Å². The molecule has 0 radical (unpaired) electrons. The molecule has 28 heavy (non-hydrogen) atoms. The summed E-state index contributed by atoms with van der Waals surface area (Å²) in [7, 11) is 0. The molecular formula is C22H25N3O3. The van der Waals surface area contributed by atoms with Crippen LogP contribution in [-0.2, 0) is 17.8 Å². The van der Waals surface area contributed by atoms with Crippen LogP contribution in [0.3, 0.4) is 0 Å². The van der Waals surface area contributed by atoms with E-state index in [9.17, 15) is 9.59 Å². The summed E-state index contributed by atoms with van der Waals surface area (Å²) in [6.07, 6.45) is 0.280. The topological polar surface area (TPSA) is 75.3 Å². The highest BCUT2D eigenvalue weighted by Gasteiger charge is 2.19. The number of ether oxygens (including phenoxy) is 1. The Balaban J connectivity index is 1.77. The normalized spacial score (nSPS) is 11.0. The van der Waals surface area contributed by atoms with E-state index in [1.165, 1.54) is 0 Å². The van der Waals surface area contributed by atoms with Crippen molar-refractivity contribution in [2.75, 3.05) is 6.61 Å². The van der Waals surface area contributed by atoms with Gasteiger partial charge in [0.15, 0.2) is 0 Å². The highest BCUT2D eigenvalue weighted by atomic mass is 16.5. The van der Waals surface area contributed by atoms with Crippen molar-refractivity contribution in [2.24, 2.45) is 0 Å². The molecule has 3 rings (SSSR count). The number of para-hydroxylation sites is 1. The molecule has 1 N–H and O–H groups in total. The zero-order valence-electron chi connectivity index (χ0n) is 16.4. The van der Waals surface area contributed by atoms with Crippen LogP contribution in [-0.4, -0.2) is 33.4 Å². The zero-order chi connectivity index (χ0) is 20.1. The van der Waals surface area contributed by atoms with Crippen LogP contribution in [0, 0.1) is 0 Å². The van der Waals surface area contributed by atoms with Gasteiger partial charge >= 0.3 is 0 Å². The molecule has 0 aliphatic rings. The molecule has 0 spiro atoms. The summed E-state index contributed by atoms with van der Waals surface area (Å²) in [5.41, 5.74) is 1.35. The fourth-order valence-corrected chi connectivity index (χ4v) is 3.08. The van der Waals surface area contributed by atoms with Gasteiger partial charge in [-0.2, -0.15) is 0 Å². The standard InChI is InChI=1S/C22H25N3O3/c1-4-28-17-11-9-16(10-12-17)13-21(26)25(15(2)3)14-20-23-19-8-6-5-7-18(19)22(27)24-20/h5-12,15H,4,13-14H2,1-3H3,(H,23,24,27). The van der Waals surface area contributed by atoms with Crippen LogP contribution in [0.1, 0.15) is 32.2 Å². The third-order valence-corrected chi connectivity index (χ3v) is 4.52. The second-order valence-electron chi connectivity index (χ2n) is 6.90. The minimum Gasteiger partial charge on any atom is -0.494 e. The first-order valence-electron chi connectivity index (χ1n) is 9.47. The van der Waals surface area contributed by atoms with Crippen LogP contribution in [0.15, 0.2) is 53.3 Å². The van der Waals surface area contributed by atoms with Crippen molar-refractivity contribution in [1.29, 1.82) is 0 Å². The molecule has 0 saturated heterocycles. The maximum Gasteiger partial charge on any atom is 0.258 e. The van der Waals surface area contributed by atoms with Gasteiger partial charge in [0.1, 0.15) is 11.6 Å². The Morgan fingerprint density at radius 2 is 1.86 bits per heavy atom. The van der Waals surface area contributed by atoms with E-state index in [0.29, 0.717) is 23.3 Å². The number of carbonyl (C=O) groups excluding carboxylic acids is 1. The number of benzene rings is 2. The van der Waals surface area contributed by atoms with Gasteiger partial charge in [-0.3, -0.25) is 9.59 Å². The number of carbonyl (C=O) groups is 1. The third kappa shape index (κ3) is 4.57. The number of nitrogens with zero attached hydrogens (tertiary/aromatic N) is 2. The van der Waals surface area contributed by atoms with Gasteiger partial charge < -0.3 is 14.6 Å². The van der Waals surface area contributed by atoms with Crippen LogP contribution in [0.5, 0.6) is 5.75 Å². The second kappa shape index (κ2) is 8.69. The van der Waals surface area contributed by atoms with Gasteiger partial charge in [-0.1, -0.05) is 24.3 Å². The number of nitrogens with one attached hydrogen (secondary N) is 1. The molecule has 0 bridgehead atoms. The van der Waals surface area contributed by atoms with Gasteiger partial charge in [0.25, 0.3) is 5.56 Å². The number of H-pyrrole nitrogens is 1. The Kier molecular flexibility index (Phi) is 6.09. The lowest BCUT2D eigenvalue weighted by Crippen LogP contribution is -2.38. The molecule has 2 aromatic carbocycles. The summed E-state index contributed by atoms with van der Waals surface area (Å²) in [6.45, 7) is 6.71. The predicted molar refractivity (Wildman–Crippen MR) is 109 cm³/mol. The molecule has 0 fully saturated rings. The summed E-state index contributed by atoms with van der Waals surface area (Å²) in [4.78, 5) is 34.2. The molecule has 1 amide bonds. The fraction of sp³-hybridized carbons (Fsp3) is 0.318. The number of fused-ring (bicyclic) bond motifs is 1. The van der Waals surface area contributed by atoms with Gasteiger partial charge in [-0.25, -0.2) is 4.98 Å². The van der Waals surface area contributed by atoms with Crippen molar-refractivity contribution in [2.45, 2.75) is 39.8 Å². The molecule has 3 aromatic rings. The van der Waals surface area contributed by atoms with Crippen molar-refractivity contribution in [1.82, 2.24) is 14.9 Å². The lowest BCUT2D eigenvalue weighted by molar-refractivity contribution is -0.132. The number of amides is 1. The molecule has 0 aliphatic heterocycles. The Bertz CT molecular complexity index is 1010. The lowest BCUT2D eigenvalue weighted by Gasteiger charge is -2.26. The zero-order valence-corrected chi connectivity index (χ0v) is 16.4. The van der Waals surface area contributed by atoms with E-state index < -0.39 is 0 Å². The van der Waals surface area contributed by atoms with Crippen LogP contribution in [0.4, 0.5) is 0 Å². The Morgan fingerprint density at radius 1 is 1.14 bits per heavy atom. The summed E-state index contributed by atoms with van der Waals surface area (Å²) < 4.78 is 5.44. The summed E-state index contributed by atoms with van der Waals surface area (Å²) in [5.74, 6) is 1.25. The summed E-state index contributed by atoms with van der Waals surface area (Å²) in [5, 5.41) is 0.545. The molecule has 6 nitrogen and oxygen atoms in total. The minimum absolute atomic E-state index is 0.0185. The summed E-state index contributed by atoms with van der Waals surface area (Å²) in [6, 6.07) is 14.7. The molecule has 1 heterocycles. The first-order chi connectivity index (χ1) is 13.5. The SMILES string of the molecule is CCOc1ccc(CC(=O)N(Cc2nc3ccccc3c(=O)[nH]2)C(C)C)cc1. The van der Waals surface area contributed by atoms with Gasteiger partial charge in [-0.15, -0.1) is 0 Å². The van der Waals surface area contributed by atoms with Gasteiger partial charge in [0, 0.05) is 6.04 Å². The number of rotatable bonds is 7. The van der Waals surface area contributed by atoms with E-state index in [4.69, 9.17) is 4.74 Å². The van der Waals surface area contributed by atoms with Crippen molar-refractivity contribution in [3.8, 4) is 5.75 Å². The van der Waals surface area contributed by atoms with Crippen LogP contribution >= 0.6 is 0 Å². The average molecular weight is 379 g/mol. The highest BCUT2D eigenvalue weighted by molar-refractivity contribution is 5.79. The molecule has 6 heteroatoms. The Morgan fingerprint density at radius 3 is 2.54 bits per heavy atom. The highest BCUT2D eigenvalue weighted by Crippen LogP contribution is 2.15. The molecule has 146 valence electrons. The maximum absolute atomic E-state index is 12.9. The second-order valence-corrected chi connectivity index (χ2v) is 6.90. The molecule has 0 saturated carbocycles. The van der Waals surface area contributed by atoms with Gasteiger partial charge in [0.05, 0.1) is 30.5 Å². The lowest BCUT2D eigenvalue weighted by atomic mass is 10.1. The van der Waals surface area contributed by atoms with Gasteiger partial charge in [0.2, 0.25) is 5.91 Å². The Labute approximate surface area is 164 Å².